The van der Waals surface area contributed by atoms with Crippen molar-refractivity contribution in [3.8, 4) is 0 Å². The van der Waals surface area contributed by atoms with Crippen LogP contribution in [0.2, 0.25) is 10.0 Å². The molecule has 0 heterocycles. The number of hydrogen-bond acceptors (Lipinski definition) is 2. The van der Waals surface area contributed by atoms with E-state index >= 15 is 0 Å². The van der Waals surface area contributed by atoms with Gasteiger partial charge in [0.2, 0.25) is 0 Å². The fourth-order valence-electron chi connectivity index (χ4n) is 2.64. The molecule has 1 atom stereocenters. The highest BCUT2D eigenvalue weighted by molar-refractivity contribution is 7.78. The summed E-state index contributed by atoms with van der Waals surface area (Å²) in [6, 6.07) is 22.8. The molecule has 3 aromatic carbocycles. The summed E-state index contributed by atoms with van der Waals surface area (Å²) in [5.74, 6) is -1.26. The summed E-state index contributed by atoms with van der Waals surface area (Å²) in [6.07, 6.45) is 0. The number of aliphatic hydroxyl groups excluding tert-OH is 1. The number of hydrogen-bond donors (Lipinski definition) is 1. The molecule has 0 aliphatic carbocycles. The van der Waals surface area contributed by atoms with Crippen LogP contribution in [0.1, 0.15) is 11.4 Å². The van der Waals surface area contributed by atoms with Crippen molar-refractivity contribution in [3.63, 3.8) is 0 Å². The molecule has 0 unspecified atom stereocenters. The van der Waals surface area contributed by atoms with E-state index in [1.54, 1.807) is 66.7 Å². The van der Waals surface area contributed by atoms with E-state index in [1.165, 1.54) is 0 Å². The fraction of sp³-hybridized carbons (Fsp3) is 0.0526. The molecule has 2 nitrogen and oxygen atoms in total. The van der Waals surface area contributed by atoms with Crippen molar-refractivity contribution in [2.45, 2.75) is 5.85 Å². The lowest BCUT2D eigenvalue weighted by atomic mass is 10.2. The van der Waals surface area contributed by atoms with Crippen molar-refractivity contribution in [1.82, 2.24) is 0 Å². The van der Waals surface area contributed by atoms with Crippen molar-refractivity contribution >= 4 is 41.0 Å². The topological polar surface area (TPSA) is 37.3 Å². The van der Waals surface area contributed by atoms with Crippen LogP contribution in [-0.4, -0.2) is 5.11 Å². The second kappa shape index (κ2) is 7.13. The summed E-state index contributed by atoms with van der Waals surface area (Å²) >= 11 is 12.2. The average Bonchev–Trinajstić information content (AvgIpc) is 2.62. The Kier molecular flexibility index (Phi) is 5.12. The maximum Gasteiger partial charge on any atom is 0.174 e. The van der Waals surface area contributed by atoms with Crippen molar-refractivity contribution in [2.75, 3.05) is 0 Å². The minimum absolute atomic E-state index is 0.294. The van der Waals surface area contributed by atoms with E-state index in [2.05, 4.69) is 0 Å². The molecule has 1 N–H and O–H groups in total. The zero-order valence-electron chi connectivity index (χ0n) is 12.6. The molecule has 24 heavy (non-hydrogen) atoms. The molecule has 5 heteroatoms. The van der Waals surface area contributed by atoms with Gasteiger partial charge in [-0.05, 0) is 12.1 Å². The monoisotopic (exact) mass is 376 g/mol. The molecular weight excluding hydrogens is 362 g/mol. The highest BCUT2D eigenvalue weighted by Gasteiger charge is 2.37. The smallest absolute Gasteiger partial charge is 0.174 e. The number of halogens is 2. The van der Waals surface area contributed by atoms with E-state index in [4.69, 9.17) is 23.2 Å². The first-order valence-electron chi connectivity index (χ1n) is 7.37. The number of rotatable bonds is 4. The first kappa shape index (κ1) is 17.3. The van der Waals surface area contributed by atoms with Gasteiger partial charge in [0.1, 0.15) is 5.85 Å². The van der Waals surface area contributed by atoms with Gasteiger partial charge in [-0.3, -0.25) is 0 Å². The summed E-state index contributed by atoms with van der Waals surface area (Å²) in [5, 5.41) is 12.9. The van der Waals surface area contributed by atoms with Crippen LogP contribution in [0.15, 0.2) is 78.9 Å². The second-order valence-electron chi connectivity index (χ2n) is 5.37. The summed E-state index contributed by atoms with van der Waals surface area (Å²) in [4.78, 5) is 0. The van der Waals surface area contributed by atoms with Crippen molar-refractivity contribution < 1.29 is 9.67 Å². The van der Waals surface area contributed by atoms with Gasteiger partial charge in [-0.1, -0.05) is 89.9 Å². The highest BCUT2D eigenvalue weighted by Crippen LogP contribution is 2.56. The third kappa shape index (κ3) is 3.16. The van der Waals surface area contributed by atoms with Gasteiger partial charge in [0, 0.05) is 26.2 Å². The standard InChI is InChI=1S/C19H15Cl2O2P/c20-14-11-12-17(18(21)13-14)19(22)24(23,15-7-3-1-4-8-15)16-9-5-2-6-10-16/h1-13,19,22H/t19-/m0/s1. The summed E-state index contributed by atoms with van der Waals surface area (Å²) in [6.45, 7) is 0. The van der Waals surface area contributed by atoms with Gasteiger partial charge in [0.25, 0.3) is 0 Å². The van der Waals surface area contributed by atoms with E-state index in [0.717, 1.165) is 0 Å². The van der Waals surface area contributed by atoms with E-state index in [9.17, 15) is 9.67 Å². The van der Waals surface area contributed by atoms with Gasteiger partial charge >= 0.3 is 0 Å². The summed E-state index contributed by atoms with van der Waals surface area (Å²) in [7, 11) is -3.35. The SMILES string of the molecule is O=P(c1ccccc1)(c1ccccc1)[C@H](O)c1ccc(Cl)cc1Cl. The summed E-state index contributed by atoms with van der Waals surface area (Å²) < 4.78 is 14.0. The molecule has 0 aliphatic rings. The largest absolute Gasteiger partial charge is 0.380 e. The van der Waals surface area contributed by atoms with E-state index < -0.39 is 13.0 Å². The molecule has 0 aromatic heterocycles. The van der Waals surface area contributed by atoms with Crippen LogP contribution in [-0.2, 0) is 4.57 Å². The lowest BCUT2D eigenvalue weighted by Crippen LogP contribution is -2.21. The lowest BCUT2D eigenvalue weighted by molar-refractivity contribution is 0.257. The van der Waals surface area contributed by atoms with Gasteiger partial charge in [0.05, 0.1) is 0 Å². The molecule has 0 radical (unpaired) electrons. The Morgan fingerprint density at radius 2 is 1.29 bits per heavy atom. The Labute approximate surface area is 151 Å². The highest BCUT2D eigenvalue weighted by atomic mass is 35.5. The maximum atomic E-state index is 14.0. The molecule has 3 rings (SSSR count). The molecule has 3 aromatic rings. The van der Waals surface area contributed by atoms with Crippen LogP contribution in [0.3, 0.4) is 0 Å². The zero-order chi connectivity index (χ0) is 17.2. The van der Waals surface area contributed by atoms with Gasteiger partial charge in [-0.25, -0.2) is 0 Å². The molecule has 0 bridgehead atoms. The maximum absolute atomic E-state index is 14.0. The van der Waals surface area contributed by atoms with Gasteiger partial charge in [0.15, 0.2) is 7.14 Å². The normalized spacial score (nSPS) is 12.8. The number of aliphatic hydroxyl groups is 1. The predicted octanol–water partition coefficient (Wildman–Crippen LogP) is 5.00. The third-order valence-electron chi connectivity index (χ3n) is 3.86. The van der Waals surface area contributed by atoms with Crippen LogP contribution < -0.4 is 10.6 Å². The Balaban J connectivity index is 2.21. The lowest BCUT2D eigenvalue weighted by Gasteiger charge is -2.26. The summed E-state index contributed by atoms with van der Waals surface area (Å²) in [5.41, 5.74) is 0.400. The van der Waals surface area contributed by atoms with Crippen LogP contribution in [0, 0.1) is 0 Å². The fourth-order valence-corrected chi connectivity index (χ4v) is 5.94. The van der Waals surface area contributed by atoms with Crippen LogP contribution in [0.4, 0.5) is 0 Å². The van der Waals surface area contributed by atoms with Gasteiger partial charge in [-0.15, -0.1) is 0 Å². The minimum Gasteiger partial charge on any atom is -0.380 e. The number of benzene rings is 3. The molecule has 0 fully saturated rings. The molecule has 0 saturated carbocycles. The first-order chi connectivity index (χ1) is 11.5. The van der Waals surface area contributed by atoms with E-state index in [1.807, 2.05) is 12.1 Å². The van der Waals surface area contributed by atoms with Gasteiger partial charge in [-0.2, -0.15) is 0 Å². The second-order valence-corrected chi connectivity index (χ2v) is 9.05. The van der Waals surface area contributed by atoms with Crippen molar-refractivity contribution in [1.29, 1.82) is 0 Å². The molecular formula is C19H15Cl2O2P. The molecule has 0 amide bonds. The van der Waals surface area contributed by atoms with Gasteiger partial charge < -0.3 is 9.67 Å². The van der Waals surface area contributed by atoms with Crippen LogP contribution in [0.5, 0.6) is 0 Å². The Hall–Kier alpha value is -1.57. The van der Waals surface area contributed by atoms with Crippen LogP contribution >= 0.6 is 30.3 Å². The molecule has 0 aliphatic heterocycles. The minimum atomic E-state index is -3.35. The Morgan fingerprint density at radius 1 is 0.792 bits per heavy atom. The first-order valence-corrected chi connectivity index (χ1v) is 9.90. The van der Waals surface area contributed by atoms with Crippen LogP contribution in [0.25, 0.3) is 0 Å². The van der Waals surface area contributed by atoms with E-state index in [0.29, 0.717) is 26.2 Å². The zero-order valence-corrected chi connectivity index (χ0v) is 15.0. The molecule has 0 saturated heterocycles. The van der Waals surface area contributed by atoms with Crippen molar-refractivity contribution in [2.24, 2.45) is 0 Å². The molecule has 0 spiro atoms. The molecule has 122 valence electrons. The quantitative estimate of drug-likeness (QED) is 0.650. The predicted molar refractivity (Wildman–Crippen MR) is 101 cm³/mol. The van der Waals surface area contributed by atoms with E-state index in [-0.39, 0.29) is 0 Å². The average molecular weight is 377 g/mol. The third-order valence-corrected chi connectivity index (χ3v) is 7.52. The Morgan fingerprint density at radius 3 is 1.75 bits per heavy atom. The Bertz CT molecular complexity index is 839. The van der Waals surface area contributed by atoms with Crippen molar-refractivity contribution in [3.05, 3.63) is 94.5 Å².